The van der Waals surface area contributed by atoms with Crippen LogP contribution >= 0.6 is 11.6 Å². The fraction of sp³-hybridized carbons (Fsp3) is 0.364. The summed E-state index contributed by atoms with van der Waals surface area (Å²) in [4.78, 5) is 13.1. The number of halogens is 1. The lowest BCUT2D eigenvalue weighted by atomic mass is 10.2. The molecule has 0 aromatic heterocycles. The maximum Gasteiger partial charge on any atom is 0.253 e. The Morgan fingerprint density at radius 2 is 1.83 bits per heavy atom. The van der Waals surface area contributed by atoms with Crippen molar-refractivity contribution in [2.24, 2.45) is 0 Å². The molecule has 0 saturated carbocycles. The molecule has 0 aliphatic carbocycles. The van der Waals surface area contributed by atoms with Crippen LogP contribution in [-0.4, -0.2) is 45.0 Å². The lowest BCUT2D eigenvalue weighted by Crippen LogP contribution is -2.21. The van der Waals surface area contributed by atoms with Crippen LogP contribution in [0, 0.1) is 0 Å². The molecule has 1 N–H and O–H groups in total. The lowest BCUT2D eigenvalue weighted by Gasteiger charge is -2.11. The fourth-order valence-corrected chi connectivity index (χ4v) is 2.68. The van der Waals surface area contributed by atoms with Crippen molar-refractivity contribution in [1.82, 2.24) is 4.90 Å². The van der Waals surface area contributed by atoms with Gasteiger partial charge in [0.25, 0.3) is 5.91 Å². The van der Waals surface area contributed by atoms with E-state index in [2.05, 4.69) is 4.72 Å². The van der Waals surface area contributed by atoms with Crippen molar-refractivity contribution in [2.75, 3.05) is 30.5 Å². The number of carbonyl (C=O) groups excluding carboxylic acids is 1. The van der Waals surface area contributed by atoms with Crippen molar-refractivity contribution in [1.29, 1.82) is 0 Å². The van der Waals surface area contributed by atoms with Gasteiger partial charge in [0, 0.05) is 31.2 Å². The molecule has 0 fully saturated rings. The monoisotopic (exact) mass is 290 g/mol. The molecule has 1 aromatic carbocycles. The van der Waals surface area contributed by atoms with Gasteiger partial charge in [0.1, 0.15) is 0 Å². The summed E-state index contributed by atoms with van der Waals surface area (Å²) >= 11 is 5.38. The number of amides is 1. The van der Waals surface area contributed by atoms with E-state index in [9.17, 15) is 13.2 Å². The SMILES string of the molecule is CN(C)C(=O)c1ccc(NS(=O)(=O)CCCl)cc1. The predicted octanol–water partition coefficient (Wildman–Crippen LogP) is 1.37. The van der Waals surface area contributed by atoms with Crippen molar-refractivity contribution >= 4 is 33.2 Å². The highest BCUT2D eigenvalue weighted by Crippen LogP contribution is 2.12. The van der Waals surface area contributed by atoms with Crippen LogP contribution in [0.5, 0.6) is 0 Å². The topological polar surface area (TPSA) is 66.5 Å². The largest absolute Gasteiger partial charge is 0.345 e. The van der Waals surface area contributed by atoms with E-state index in [0.717, 1.165) is 0 Å². The normalized spacial score (nSPS) is 11.1. The highest BCUT2D eigenvalue weighted by molar-refractivity contribution is 7.92. The summed E-state index contributed by atoms with van der Waals surface area (Å²) in [7, 11) is -0.107. The zero-order valence-corrected chi connectivity index (χ0v) is 11.8. The smallest absolute Gasteiger partial charge is 0.253 e. The molecule has 0 heterocycles. The van der Waals surface area contributed by atoms with Crippen LogP contribution in [0.1, 0.15) is 10.4 Å². The number of alkyl halides is 1. The van der Waals surface area contributed by atoms with Crippen LogP contribution in [0.2, 0.25) is 0 Å². The van der Waals surface area contributed by atoms with Gasteiger partial charge in [-0.1, -0.05) is 0 Å². The summed E-state index contributed by atoms with van der Waals surface area (Å²) in [6.45, 7) is 0. The summed E-state index contributed by atoms with van der Waals surface area (Å²) in [5.41, 5.74) is 0.913. The number of nitrogens with one attached hydrogen (secondary N) is 1. The molecular weight excluding hydrogens is 276 g/mol. The first kappa shape index (κ1) is 14.8. The molecule has 0 aliphatic rings. The van der Waals surface area contributed by atoms with E-state index in [0.29, 0.717) is 11.3 Å². The van der Waals surface area contributed by atoms with Gasteiger partial charge in [-0.3, -0.25) is 9.52 Å². The summed E-state index contributed by atoms with van der Waals surface area (Å²) in [5, 5.41) is 0. The molecule has 0 radical (unpaired) electrons. The summed E-state index contributed by atoms with van der Waals surface area (Å²) in [6.07, 6.45) is 0. The number of anilines is 1. The van der Waals surface area contributed by atoms with Crippen LogP contribution in [0.3, 0.4) is 0 Å². The van der Waals surface area contributed by atoms with Crippen molar-refractivity contribution in [2.45, 2.75) is 0 Å². The summed E-state index contributed by atoms with van der Waals surface area (Å²) < 4.78 is 25.3. The minimum atomic E-state index is -3.41. The van der Waals surface area contributed by atoms with E-state index in [1.54, 1.807) is 38.4 Å². The Labute approximate surface area is 112 Å². The third-order valence-electron chi connectivity index (χ3n) is 2.16. The average molecular weight is 291 g/mol. The summed E-state index contributed by atoms with van der Waals surface area (Å²) in [5.74, 6) is -0.246. The minimum absolute atomic E-state index is 0.0343. The van der Waals surface area contributed by atoms with E-state index in [4.69, 9.17) is 11.6 Å². The molecule has 1 amide bonds. The molecule has 1 rings (SSSR count). The Hall–Kier alpha value is -1.27. The van der Waals surface area contributed by atoms with E-state index < -0.39 is 10.0 Å². The molecule has 1 aromatic rings. The second kappa shape index (κ2) is 6.06. The molecule has 0 atom stereocenters. The fourth-order valence-electron chi connectivity index (χ4n) is 1.27. The molecule has 0 unspecified atom stereocenters. The van der Waals surface area contributed by atoms with Gasteiger partial charge in [0.2, 0.25) is 10.0 Å². The van der Waals surface area contributed by atoms with Gasteiger partial charge in [-0.15, -0.1) is 11.6 Å². The van der Waals surface area contributed by atoms with Gasteiger partial charge < -0.3 is 4.90 Å². The molecule has 18 heavy (non-hydrogen) atoms. The zero-order chi connectivity index (χ0) is 13.8. The van der Waals surface area contributed by atoms with Crippen LogP contribution in [0.4, 0.5) is 5.69 Å². The Morgan fingerprint density at radius 3 is 2.28 bits per heavy atom. The van der Waals surface area contributed by atoms with E-state index in [1.165, 1.54) is 4.90 Å². The van der Waals surface area contributed by atoms with Gasteiger partial charge in [-0.05, 0) is 24.3 Å². The number of carbonyl (C=O) groups is 1. The van der Waals surface area contributed by atoms with Gasteiger partial charge in [0.05, 0.1) is 5.75 Å². The van der Waals surface area contributed by atoms with Gasteiger partial charge in [-0.2, -0.15) is 0 Å². The van der Waals surface area contributed by atoms with E-state index in [1.807, 2.05) is 0 Å². The Kier molecular flexibility index (Phi) is 4.98. The number of sulfonamides is 1. The van der Waals surface area contributed by atoms with Gasteiger partial charge >= 0.3 is 0 Å². The third-order valence-corrected chi connectivity index (χ3v) is 3.86. The number of hydrogen-bond acceptors (Lipinski definition) is 3. The van der Waals surface area contributed by atoms with E-state index >= 15 is 0 Å². The first-order valence-corrected chi connectivity index (χ1v) is 7.42. The molecule has 0 bridgehead atoms. The summed E-state index contributed by atoms with van der Waals surface area (Å²) in [6, 6.07) is 6.23. The number of nitrogens with zero attached hydrogens (tertiary/aromatic N) is 1. The average Bonchev–Trinajstić information content (AvgIpc) is 2.28. The van der Waals surface area contributed by atoms with Crippen molar-refractivity contribution < 1.29 is 13.2 Å². The first-order chi connectivity index (χ1) is 8.35. The van der Waals surface area contributed by atoms with Crippen LogP contribution in [0.15, 0.2) is 24.3 Å². The number of hydrogen-bond donors (Lipinski definition) is 1. The first-order valence-electron chi connectivity index (χ1n) is 5.24. The molecule has 0 aliphatic heterocycles. The van der Waals surface area contributed by atoms with Crippen LogP contribution in [0.25, 0.3) is 0 Å². The lowest BCUT2D eigenvalue weighted by molar-refractivity contribution is 0.0827. The quantitative estimate of drug-likeness (QED) is 0.833. The maximum absolute atomic E-state index is 11.6. The van der Waals surface area contributed by atoms with Gasteiger partial charge in [0.15, 0.2) is 0 Å². The second-order valence-electron chi connectivity index (χ2n) is 3.89. The molecular formula is C11H15ClN2O3S. The van der Waals surface area contributed by atoms with Crippen molar-refractivity contribution in [3.8, 4) is 0 Å². The molecule has 100 valence electrons. The highest BCUT2D eigenvalue weighted by atomic mass is 35.5. The van der Waals surface area contributed by atoms with Crippen LogP contribution in [-0.2, 0) is 10.0 Å². The predicted molar refractivity (Wildman–Crippen MR) is 72.6 cm³/mol. The molecule has 5 nitrogen and oxygen atoms in total. The highest BCUT2D eigenvalue weighted by Gasteiger charge is 2.11. The van der Waals surface area contributed by atoms with Crippen LogP contribution < -0.4 is 4.72 Å². The minimum Gasteiger partial charge on any atom is -0.345 e. The van der Waals surface area contributed by atoms with Gasteiger partial charge in [-0.25, -0.2) is 8.42 Å². The maximum atomic E-state index is 11.6. The van der Waals surface area contributed by atoms with E-state index in [-0.39, 0.29) is 17.5 Å². The number of rotatable bonds is 5. The zero-order valence-electron chi connectivity index (χ0n) is 10.2. The molecule has 0 saturated heterocycles. The standard InChI is InChI=1S/C11H15ClN2O3S/c1-14(2)11(15)9-3-5-10(6-4-9)13-18(16,17)8-7-12/h3-6,13H,7-8H2,1-2H3. The number of benzene rings is 1. The van der Waals surface area contributed by atoms with Crippen molar-refractivity contribution in [3.05, 3.63) is 29.8 Å². The molecule has 0 spiro atoms. The Bertz CT molecular complexity index is 512. The molecule has 7 heteroatoms. The second-order valence-corrected chi connectivity index (χ2v) is 6.11. The van der Waals surface area contributed by atoms with Crippen molar-refractivity contribution in [3.63, 3.8) is 0 Å². The third kappa shape index (κ3) is 4.19. The Balaban J connectivity index is 2.81. The Morgan fingerprint density at radius 1 is 1.28 bits per heavy atom.